The van der Waals surface area contributed by atoms with Gasteiger partial charge in [0.1, 0.15) is 12.9 Å². The molecule has 0 saturated carbocycles. The zero-order valence-electron chi connectivity index (χ0n) is 12.6. The first-order chi connectivity index (χ1) is 12.1. The van der Waals surface area contributed by atoms with E-state index in [1.165, 1.54) is 0 Å². The molecule has 19 heteroatoms. The minimum atomic E-state index is -1.12. The molecule has 0 saturated heterocycles. The van der Waals surface area contributed by atoms with Gasteiger partial charge in [-0.2, -0.15) is 0 Å². The molecule has 0 heterocycles. The second-order valence-corrected chi connectivity index (χ2v) is 40.5. The molecule has 0 radical (unpaired) electrons. The monoisotopic (exact) mass is 1560 g/mol. The van der Waals surface area contributed by atoms with Crippen LogP contribution in [0.3, 0.4) is 0 Å². The van der Waals surface area contributed by atoms with Crippen LogP contribution in [0.5, 0.6) is 0 Å². The van der Waals surface area contributed by atoms with Crippen molar-refractivity contribution in [3.63, 3.8) is 0 Å². The maximum Gasteiger partial charge on any atom is 0.205 e. The summed E-state index contributed by atoms with van der Waals surface area (Å²) in [5.74, 6) is 0. The standard InChI is InChI=1S/C10H4Br18O/c11-3(12,7(19,20)21)1-5(15,16)9(25,26)29-10(27,28)6(17,18)2-4(13,14)8(22,23)24/h1-2H2. The van der Waals surface area contributed by atoms with Crippen LogP contribution in [-0.4, -0.2) is 24.1 Å². The Hall–Kier alpha value is 8.60. The van der Waals surface area contributed by atoms with Crippen molar-refractivity contribution in [2.45, 2.75) is 36.9 Å². The minimum absolute atomic E-state index is 0.444. The van der Waals surface area contributed by atoms with Gasteiger partial charge in [-0.05, 0) is 63.7 Å². The molecule has 1 nitrogen and oxygen atoms in total. The van der Waals surface area contributed by atoms with Crippen LogP contribution >= 0.6 is 287 Å². The van der Waals surface area contributed by atoms with Gasteiger partial charge in [0, 0.05) is 12.8 Å². The lowest BCUT2D eigenvalue weighted by molar-refractivity contribution is 0.0537. The Balaban J connectivity index is 5.78. The molecule has 176 valence electrons. The lowest BCUT2D eigenvalue weighted by atomic mass is 10.2. The van der Waals surface area contributed by atoms with Crippen molar-refractivity contribution in [3.05, 3.63) is 0 Å². The van der Waals surface area contributed by atoms with Gasteiger partial charge >= 0.3 is 0 Å². The first-order valence-electron chi connectivity index (χ1n) is 6.22. The molecular formula is C10H4Br18O. The van der Waals surface area contributed by atoms with Crippen LogP contribution in [0.15, 0.2) is 0 Å². The van der Waals surface area contributed by atoms with Crippen LogP contribution in [0, 0.1) is 0 Å². The number of hydrogen-bond acceptors (Lipinski definition) is 1. The van der Waals surface area contributed by atoms with E-state index in [0.29, 0.717) is 12.8 Å². The van der Waals surface area contributed by atoms with E-state index in [-0.39, 0.29) is 0 Å². The van der Waals surface area contributed by atoms with E-state index in [1.807, 2.05) is 0 Å². The van der Waals surface area contributed by atoms with Gasteiger partial charge in [0.25, 0.3) is 0 Å². The number of hydrogen-bond donors (Lipinski definition) is 0. The number of alkyl halides is 18. The predicted octanol–water partition coefficient (Wildman–Crippen LogP) is 14.3. The topological polar surface area (TPSA) is 9.23 Å². The minimum Gasteiger partial charge on any atom is -0.321 e. The van der Waals surface area contributed by atoms with Gasteiger partial charge in [-0.3, -0.25) is 0 Å². The van der Waals surface area contributed by atoms with Crippen molar-refractivity contribution < 1.29 is 4.74 Å². The van der Waals surface area contributed by atoms with E-state index in [1.54, 1.807) is 0 Å². The average Bonchev–Trinajstić information content (AvgIpc) is 2.30. The van der Waals surface area contributed by atoms with E-state index in [4.69, 9.17) is 4.74 Å². The average molecular weight is 1580 g/mol. The Kier molecular flexibility index (Phi) is 16.9. The van der Waals surface area contributed by atoms with E-state index < -0.39 is 24.1 Å². The normalized spacial score (nSPS) is 16.3. The predicted molar refractivity (Wildman–Crippen MR) is 193 cm³/mol. The van der Waals surface area contributed by atoms with Gasteiger partial charge in [0.05, 0.1) is 0 Å². The molecule has 0 atom stereocenters. The summed E-state index contributed by atoms with van der Waals surface area (Å²) in [7, 11) is 0. The molecule has 0 aliphatic rings. The number of rotatable bonds is 8. The van der Waals surface area contributed by atoms with E-state index in [9.17, 15) is 0 Å². The highest BCUT2D eigenvalue weighted by atomic mass is 80.0. The second-order valence-electron chi connectivity index (χ2n) is 5.30. The lowest BCUT2D eigenvalue weighted by Crippen LogP contribution is -2.51. The molecule has 0 aliphatic heterocycles. The van der Waals surface area contributed by atoms with Crippen LogP contribution in [0.25, 0.3) is 0 Å². The molecule has 0 aliphatic carbocycles. The summed E-state index contributed by atoms with van der Waals surface area (Å²) in [5.41, 5.74) is 0. The highest BCUT2D eigenvalue weighted by Gasteiger charge is 2.61. The van der Waals surface area contributed by atoms with E-state index in [2.05, 4.69) is 287 Å². The smallest absolute Gasteiger partial charge is 0.205 e. The highest BCUT2D eigenvalue weighted by molar-refractivity contribution is 9.42. The van der Waals surface area contributed by atoms with Gasteiger partial charge in [0.15, 0.2) is 4.29 Å². The molecule has 0 aromatic rings. The van der Waals surface area contributed by atoms with Crippen LogP contribution in [0.4, 0.5) is 0 Å². The fourth-order valence-electron chi connectivity index (χ4n) is 1.27. The van der Waals surface area contributed by atoms with Gasteiger partial charge in [-0.1, -0.05) is 223 Å². The molecule has 0 bridgehead atoms. The molecule has 0 fully saturated rings. The van der Waals surface area contributed by atoms with Crippen molar-refractivity contribution >= 4 is 287 Å². The molecular weight excluding hydrogens is 1570 g/mol. The summed E-state index contributed by atoms with van der Waals surface area (Å²) in [4.78, 5) is 0. The SMILES string of the molecule is BrC(Br)(Br)C(Br)(Br)CC(Br)(Br)C(Br)(Br)OC(Br)(Br)C(Br)(Br)CC(Br)(Br)C(Br)(Br)Br. The third-order valence-electron chi connectivity index (χ3n) is 2.83. The zero-order valence-corrected chi connectivity index (χ0v) is 41.2. The summed E-state index contributed by atoms with van der Waals surface area (Å²) >= 11 is 65.2. The second kappa shape index (κ2) is 13.1. The summed E-state index contributed by atoms with van der Waals surface area (Å²) in [6, 6.07) is 0. The Morgan fingerprint density at radius 2 is 0.552 bits per heavy atom. The van der Waals surface area contributed by atoms with Crippen molar-refractivity contribution in [2.24, 2.45) is 0 Å². The lowest BCUT2D eigenvalue weighted by Gasteiger charge is -2.46. The van der Waals surface area contributed by atoms with Gasteiger partial charge in [-0.15, -0.1) is 0 Å². The van der Waals surface area contributed by atoms with Gasteiger partial charge < -0.3 is 4.74 Å². The Morgan fingerprint density at radius 1 is 0.345 bits per heavy atom. The third kappa shape index (κ3) is 11.2. The first-order valence-corrected chi connectivity index (χ1v) is 20.5. The largest absolute Gasteiger partial charge is 0.321 e. The van der Waals surface area contributed by atoms with Crippen molar-refractivity contribution in [2.75, 3.05) is 0 Å². The van der Waals surface area contributed by atoms with E-state index in [0.717, 1.165) is 0 Å². The Morgan fingerprint density at radius 3 is 0.724 bits per heavy atom. The molecule has 0 aromatic heterocycles. The van der Waals surface area contributed by atoms with Gasteiger partial charge in [0.2, 0.25) is 6.84 Å². The van der Waals surface area contributed by atoms with Crippen LogP contribution in [-0.2, 0) is 4.74 Å². The third-order valence-corrected chi connectivity index (χ3v) is 27.7. The van der Waals surface area contributed by atoms with Gasteiger partial charge in [-0.25, -0.2) is 0 Å². The molecule has 0 unspecified atom stereocenters. The summed E-state index contributed by atoms with van der Waals surface area (Å²) in [6.07, 6.45) is 0.889. The Labute approximate surface area is 321 Å². The zero-order chi connectivity index (χ0) is 24.1. The molecule has 29 heavy (non-hydrogen) atoms. The quantitative estimate of drug-likeness (QED) is 0.220. The van der Waals surface area contributed by atoms with Crippen molar-refractivity contribution in [1.29, 1.82) is 0 Å². The molecule has 0 N–H and O–H groups in total. The fourth-order valence-corrected chi connectivity index (χ4v) is 11.2. The first kappa shape index (κ1) is 37.6. The number of ether oxygens (including phenoxy) is 1. The summed E-state index contributed by atoms with van der Waals surface area (Å²) < 4.78 is -0.0797. The number of halogens is 18. The van der Waals surface area contributed by atoms with Crippen LogP contribution in [0.2, 0.25) is 0 Å². The van der Waals surface area contributed by atoms with Crippen molar-refractivity contribution in [1.82, 2.24) is 0 Å². The molecule has 0 aromatic carbocycles. The Bertz CT molecular complexity index is 518. The molecule has 0 amide bonds. The van der Waals surface area contributed by atoms with Crippen molar-refractivity contribution in [3.8, 4) is 0 Å². The molecule has 0 rings (SSSR count). The van der Waals surface area contributed by atoms with Crippen LogP contribution in [0.1, 0.15) is 12.8 Å². The van der Waals surface area contributed by atoms with E-state index >= 15 is 0 Å². The molecule has 0 spiro atoms. The summed E-state index contributed by atoms with van der Waals surface area (Å²) in [6.45, 7) is 0. The van der Waals surface area contributed by atoms with Crippen LogP contribution < -0.4 is 0 Å². The maximum absolute atomic E-state index is 6.38. The summed E-state index contributed by atoms with van der Waals surface area (Å²) in [5, 5.41) is 0. The highest BCUT2D eigenvalue weighted by Crippen LogP contribution is 2.67. The maximum atomic E-state index is 6.38. The fraction of sp³-hybridized carbons (Fsp3) is 1.00.